The molecule has 2 aromatic rings. The molecule has 0 N–H and O–H groups in total. The molecule has 0 amide bonds. The summed E-state index contributed by atoms with van der Waals surface area (Å²) in [6.07, 6.45) is 3.30. The van der Waals surface area contributed by atoms with E-state index >= 15 is 0 Å². The molecule has 0 unspecified atom stereocenters. The van der Waals surface area contributed by atoms with Gasteiger partial charge in [-0.3, -0.25) is 9.21 Å². The van der Waals surface area contributed by atoms with Gasteiger partial charge in [-0.25, -0.2) is 13.2 Å². The molecule has 2 fully saturated rings. The van der Waals surface area contributed by atoms with Gasteiger partial charge in [-0.1, -0.05) is 56.7 Å². The Morgan fingerprint density at radius 1 is 1.07 bits per heavy atom. The minimum Gasteiger partial charge on any atom is -0.545 e. The molecular weight excluding hydrogens is 593 g/mol. The number of piperidine rings is 1. The van der Waals surface area contributed by atoms with Crippen molar-refractivity contribution < 1.29 is 27.2 Å². The molecule has 0 aromatic heterocycles. The summed E-state index contributed by atoms with van der Waals surface area (Å²) in [5.74, 6) is -0.134. The zero-order chi connectivity index (χ0) is 31.9. The highest BCUT2D eigenvalue weighted by Crippen LogP contribution is 2.68. The van der Waals surface area contributed by atoms with E-state index in [-0.39, 0.29) is 28.0 Å². The molecule has 44 heavy (non-hydrogen) atoms. The molecule has 0 bridgehead atoms. The van der Waals surface area contributed by atoms with Crippen LogP contribution >= 0.6 is 0 Å². The van der Waals surface area contributed by atoms with Crippen LogP contribution in [0.25, 0.3) is 0 Å². The molecule has 6 rings (SSSR count). The lowest BCUT2D eigenvalue weighted by molar-refractivity contribution is -0.138. The number of carbonyl (C=O) groups excluding carboxylic acids is 2. The summed E-state index contributed by atoms with van der Waals surface area (Å²) in [5.41, 5.74) is 1.08. The number of ether oxygens (including phenoxy) is 1. The van der Waals surface area contributed by atoms with E-state index in [1.807, 2.05) is 31.2 Å². The van der Waals surface area contributed by atoms with Crippen molar-refractivity contribution in [1.82, 2.24) is 4.90 Å². The summed E-state index contributed by atoms with van der Waals surface area (Å²) in [6.45, 7) is 14.2. The number of nitrogens with zero attached hydrogens (tertiary/aromatic N) is 2. The molecule has 10 heteroatoms. The van der Waals surface area contributed by atoms with Crippen LogP contribution in [0.5, 0.6) is 0 Å². The van der Waals surface area contributed by atoms with Gasteiger partial charge in [0.15, 0.2) is 0 Å². The van der Waals surface area contributed by atoms with Crippen molar-refractivity contribution in [3.8, 4) is 0 Å². The third-order valence-electron chi connectivity index (χ3n) is 11.2. The highest BCUT2D eigenvalue weighted by molar-refractivity contribution is 7.93. The molecule has 236 valence electrons. The maximum atomic E-state index is 14.9. The third-order valence-corrected chi connectivity index (χ3v) is 17.3. The number of hydrogen-bond acceptors (Lipinski definition) is 7. The lowest BCUT2D eigenvalue weighted by Crippen LogP contribution is -2.67. The predicted octanol–water partition coefficient (Wildman–Crippen LogP) is 5.72. The maximum absolute atomic E-state index is 14.9. The van der Waals surface area contributed by atoms with E-state index in [9.17, 15) is 18.0 Å². The summed E-state index contributed by atoms with van der Waals surface area (Å²) >= 11 is 0. The Bertz CT molecular complexity index is 1650. The minimum atomic E-state index is -4.15. The maximum Gasteiger partial charge on any atom is 0.339 e. The first-order valence-corrected chi connectivity index (χ1v) is 19.9. The fourth-order valence-corrected chi connectivity index (χ4v) is 11.1. The molecule has 0 saturated carbocycles. The van der Waals surface area contributed by atoms with Crippen LogP contribution < -0.4 is 4.31 Å². The number of fused-ring (bicyclic) bond motifs is 1. The van der Waals surface area contributed by atoms with Crippen LogP contribution in [0.3, 0.4) is 0 Å². The van der Waals surface area contributed by atoms with Gasteiger partial charge in [-0.2, -0.15) is 0 Å². The molecule has 2 aromatic carbocycles. The molecule has 4 aliphatic rings. The fourth-order valence-electron chi connectivity index (χ4n) is 8.29. The van der Waals surface area contributed by atoms with Gasteiger partial charge >= 0.3 is 5.97 Å². The Hall–Kier alpha value is -2.95. The average molecular weight is 637 g/mol. The number of carbonyl (C=O) groups is 2. The van der Waals surface area contributed by atoms with Gasteiger partial charge in [-0.05, 0) is 81.2 Å². The summed E-state index contributed by atoms with van der Waals surface area (Å²) in [5, 5.41) is -0.214. The van der Waals surface area contributed by atoms with Crippen molar-refractivity contribution in [3.05, 3.63) is 71.0 Å². The monoisotopic (exact) mass is 636 g/mol. The SMILES string of the molecule is COC(=O)C1=C(O[Si](C)(C)C(C)(C)C)[C@]2(CC=O)CCCN3CC[C@@]4(c5ccccc5N(S(=O)(=O)c5ccc(C)cc5)[C@@H]14)[C@@H]32. The van der Waals surface area contributed by atoms with E-state index < -0.39 is 41.2 Å². The van der Waals surface area contributed by atoms with E-state index in [0.29, 0.717) is 24.3 Å². The van der Waals surface area contributed by atoms with Crippen LogP contribution in [0.4, 0.5) is 5.69 Å². The summed E-state index contributed by atoms with van der Waals surface area (Å²) < 4.78 is 44.0. The second-order valence-electron chi connectivity index (χ2n) is 14.5. The second-order valence-corrected chi connectivity index (χ2v) is 21.0. The standard InChI is InChI=1S/C34H44N2O6SSi/c1-23-13-15-24(16-14-23)43(39,40)36-26-12-9-8-11-25(26)34-18-21-35-20-10-17-33(19-22-37,31(34)35)29(27(28(34)36)30(38)41-5)42-44(6,7)32(2,3)4/h8-9,11-16,22,28,31H,10,17-21H2,1-7H3/t28-,31-,33+,34-/m0/s1. The van der Waals surface area contributed by atoms with Crippen molar-refractivity contribution in [2.75, 3.05) is 24.5 Å². The molecule has 1 aliphatic carbocycles. The van der Waals surface area contributed by atoms with Gasteiger partial charge in [0.25, 0.3) is 10.0 Å². The molecule has 4 atom stereocenters. The zero-order valence-electron chi connectivity index (χ0n) is 26.8. The predicted molar refractivity (Wildman–Crippen MR) is 172 cm³/mol. The largest absolute Gasteiger partial charge is 0.545 e. The topological polar surface area (TPSA) is 93.2 Å². The molecule has 1 spiro atoms. The second kappa shape index (κ2) is 10.3. The summed E-state index contributed by atoms with van der Waals surface area (Å²) in [6, 6.07) is 13.4. The summed E-state index contributed by atoms with van der Waals surface area (Å²) in [7, 11) is -5.41. The Morgan fingerprint density at radius 2 is 1.75 bits per heavy atom. The van der Waals surface area contributed by atoms with E-state index in [1.165, 1.54) is 11.4 Å². The van der Waals surface area contributed by atoms with Gasteiger partial charge in [0.05, 0.1) is 40.5 Å². The van der Waals surface area contributed by atoms with E-state index in [2.05, 4.69) is 38.8 Å². The van der Waals surface area contributed by atoms with Crippen molar-refractivity contribution in [2.45, 2.75) is 93.9 Å². The van der Waals surface area contributed by atoms with Gasteiger partial charge in [-0.15, -0.1) is 0 Å². The molecule has 3 aliphatic heterocycles. The number of rotatable bonds is 7. The van der Waals surface area contributed by atoms with Crippen molar-refractivity contribution >= 4 is 36.3 Å². The number of anilines is 1. The molecular formula is C34H44N2O6SSi. The summed E-state index contributed by atoms with van der Waals surface area (Å²) in [4.78, 5) is 29.6. The fraction of sp³-hybridized carbons (Fsp3) is 0.529. The Morgan fingerprint density at radius 3 is 2.39 bits per heavy atom. The van der Waals surface area contributed by atoms with Crippen molar-refractivity contribution in [2.24, 2.45) is 5.41 Å². The Balaban J connectivity index is 1.75. The number of methoxy groups -OCH3 is 1. The first kappa shape index (κ1) is 31.0. The van der Waals surface area contributed by atoms with Crippen molar-refractivity contribution in [3.63, 3.8) is 0 Å². The zero-order valence-corrected chi connectivity index (χ0v) is 28.7. The van der Waals surface area contributed by atoms with Gasteiger partial charge in [0, 0.05) is 17.9 Å². The molecule has 8 nitrogen and oxygen atoms in total. The van der Waals surface area contributed by atoms with Crippen molar-refractivity contribution in [1.29, 1.82) is 0 Å². The van der Waals surface area contributed by atoms with E-state index in [0.717, 1.165) is 36.9 Å². The first-order chi connectivity index (χ1) is 20.7. The number of esters is 1. The lowest BCUT2D eigenvalue weighted by atomic mass is 9.52. The quantitative estimate of drug-likeness (QED) is 0.218. The highest BCUT2D eigenvalue weighted by atomic mass is 32.2. The van der Waals surface area contributed by atoms with Gasteiger partial charge in [0.2, 0.25) is 8.32 Å². The van der Waals surface area contributed by atoms with E-state index in [4.69, 9.17) is 9.16 Å². The van der Waals surface area contributed by atoms with Crippen LogP contribution in [0.15, 0.2) is 64.8 Å². The van der Waals surface area contributed by atoms with Crippen LogP contribution in [0.1, 0.15) is 57.6 Å². The normalized spacial score (nSPS) is 28.3. The number of benzene rings is 2. The number of sulfonamides is 1. The third kappa shape index (κ3) is 4.13. The van der Waals surface area contributed by atoms with Gasteiger partial charge < -0.3 is 14.0 Å². The number of para-hydroxylation sites is 1. The lowest BCUT2D eigenvalue weighted by Gasteiger charge is -2.59. The average Bonchev–Trinajstić information content (AvgIpc) is 3.50. The number of aryl methyl sites for hydroxylation is 1. The van der Waals surface area contributed by atoms with Crippen LogP contribution in [-0.2, 0) is 34.2 Å². The first-order valence-electron chi connectivity index (χ1n) is 15.6. The number of hydrogen-bond donors (Lipinski definition) is 0. The number of aldehydes is 1. The van der Waals surface area contributed by atoms with E-state index in [1.54, 1.807) is 24.3 Å². The minimum absolute atomic E-state index is 0.161. The molecule has 3 heterocycles. The Kier molecular flexibility index (Phi) is 7.26. The molecule has 2 saturated heterocycles. The van der Waals surface area contributed by atoms with Gasteiger partial charge in [0.1, 0.15) is 6.29 Å². The van der Waals surface area contributed by atoms with Crippen LogP contribution in [0, 0.1) is 12.3 Å². The molecule has 0 radical (unpaired) electrons. The highest BCUT2D eigenvalue weighted by Gasteiger charge is 2.73. The van der Waals surface area contributed by atoms with Crippen LogP contribution in [0.2, 0.25) is 18.1 Å². The van der Waals surface area contributed by atoms with Crippen LogP contribution in [-0.4, -0.2) is 66.2 Å². The Labute approximate surface area is 262 Å². The smallest absolute Gasteiger partial charge is 0.339 e.